The minimum Gasteiger partial charge on any atom is -0.476 e. The van der Waals surface area contributed by atoms with Gasteiger partial charge in [-0.05, 0) is 57.7 Å². The van der Waals surface area contributed by atoms with Crippen molar-refractivity contribution < 1.29 is 27.8 Å². The Morgan fingerprint density at radius 3 is 2.64 bits per heavy atom. The van der Waals surface area contributed by atoms with Crippen LogP contribution in [-0.4, -0.2) is 60.5 Å². The number of ether oxygens (including phenoxy) is 1. The fraction of sp³-hybridized carbons (Fsp3) is 0.423. The minimum atomic E-state index is -3.05. The van der Waals surface area contributed by atoms with Crippen LogP contribution in [0.25, 0.3) is 22.7 Å². The number of carboxylic acid groups (broad SMARTS) is 1. The number of halogens is 1. The third-order valence-electron chi connectivity index (χ3n) is 7.12. The van der Waals surface area contributed by atoms with Crippen LogP contribution in [0.4, 0.5) is 9.18 Å². The largest absolute Gasteiger partial charge is 0.476 e. The molecule has 5 rings (SSSR count). The summed E-state index contributed by atoms with van der Waals surface area (Å²) in [5, 5.41) is 15.7. The van der Waals surface area contributed by atoms with Gasteiger partial charge in [0.25, 0.3) is 0 Å². The summed E-state index contributed by atoms with van der Waals surface area (Å²) in [5.74, 6) is 0.630. The van der Waals surface area contributed by atoms with Crippen molar-refractivity contribution in [2.75, 3.05) is 19.4 Å². The van der Waals surface area contributed by atoms with E-state index in [-0.39, 0.29) is 17.2 Å². The summed E-state index contributed by atoms with van der Waals surface area (Å²) in [6.07, 6.45) is 4.06. The van der Waals surface area contributed by atoms with Crippen LogP contribution < -0.4 is 10.1 Å². The van der Waals surface area contributed by atoms with Crippen LogP contribution in [0.2, 0.25) is 0 Å². The van der Waals surface area contributed by atoms with Crippen molar-refractivity contribution in [2.24, 2.45) is 15.3 Å². The first-order valence-electron chi connectivity index (χ1n) is 12.4. The van der Waals surface area contributed by atoms with Crippen LogP contribution in [0.5, 0.6) is 5.88 Å². The Labute approximate surface area is 225 Å². The van der Waals surface area contributed by atoms with Crippen molar-refractivity contribution in [2.45, 2.75) is 43.9 Å². The lowest BCUT2D eigenvalue weighted by Gasteiger charge is -2.41. The minimum absolute atomic E-state index is 0.0470. The molecule has 1 aromatic carbocycles. The molecule has 39 heavy (non-hydrogen) atoms. The van der Waals surface area contributed by atoms with E-state index in [4.69, 9.17) is 9.26 Å². The van der Waals surface area contributed by atoms with Crippen LogP contribution in [-0.2, 0) is 15.3 Å². The molecule has 3 heterocycles. The Balaban J connectivity index is 1.47. The summed E-state index contributed by atoms with van der Waals surface area (Å²) in [7, 11) is -1.64. The highest BCUT2D eigenvalue weighted by Gasteiger charge is 2.49. The van der Waals surface area contributed by atoms with Crippen molar-refractivity contribution in [3.05, 3.63) is 48.0 Å². The Bertz CT molecular complexity index is 1570. The summed E-state index contributed by atoms with van der Waals surface area (Å²) in [6.45, 7) is 5.44. The first kappa shape index (κ1) is 26.7. The molecule has 1 saturated carbocycles. The molecule has 1 aliphatic carbocycles. The van der Waals surface area contributed by atoms with Gasteiger partial charge in [0.1, 0.15) is 33.3 Å². The summed E-state index contributed by atoms with van der Waals surface area (Å²) in [4.78, 5) is 24.7. The molecule has 1 aliphatic heterocycles. The summed E-state index contributed by atoms with van der Waals surface area (Å²) in [6, 6.07) is 5.98. The Hall–Kier alpha value is -3.87. The van der Waals surface area contributed by atoms with Crippen LogP contribution in [0.15, 0.2) is 50.5 Å². The number of aromatic nitrogens is 3. The summed E-state index contributed by atoms with van der Waals surface area (Å²) >= 11 is 0. The summed E-state index contributed by atoms with van der Waals surface area (Å²) < 4.78 is 43.2. The second-order valence-electron chi connectivity index (χ2n) is 10.4. The summed E-state index contributed by atoms with van der Waals surface area (Å²) in [5.41, 5.74) is 0.143. The fourth-order valence-corrected chi connectivity index (χ4v) is 6.80. The molecule has 1 amide bonds. The molecule has 2 aliphatic rings. The fourth-order valence-electron chi connectivity index (χ4n) is 4.47. The first-order valence-corrected chi connectivity index (χ1v) is 14.1. The first-order chi connectivity index (χ1) is 18.4. The maximum absolute atomic E-state index is 15.3. The van der Waals surface area contributed by atoms with Crippen LogP contribution in [0.3, 0.4) is 0 Å². The number of amides is 1. The van der Waals surface area contributed by atoms with Crippen molar-refractivity contribution in [1.29, 1.82) is 0 Å². The monoisotopic (exact) mass is 556 g/mol. The third kappa shape index (κ3) is 5.10. The maximum Gasteiger partial charge on any atom is 0.410 e. The second-order valence-corrected chi connectivity index (χ2v) is 13.4. The van der Waals surface area contributed by atoms with E-state index in [1.165, 1.54) is 44.3 Å². The van der Waals surface area contributed by atoms with Gasteiger partial charge in [0.05, 0.1) is 34.5 Å². The second kappa shape index (κ2) is 9.70. The van der Waals surface area contributed by atoms with Gasteiger partial charge in [0.2, 0.25) is 5.88 Å². The van der Waals surface area contributed by atoms with Gasteiger partial charge in [-0.3, -0.25) is 10.3 Å². The lowest BCUT2D eigenvalue weighted by Crippen LogP contribution is -2.57. The van der Waals surface area contributed by atoms with E-state index in [0.29, 0.717) is 41.1 Å². The van der Waals surface area contributed by atoms with Gasteiger partial charge in [-0.1, -0.05) is 5.16 Å². The van der Waals surface area contributed by atoms with Crippen LogP contribution in [0.1, 0.15) is 39.2 Å². The number of rotatable bonds is 6. The number of benzene rings is 1. The molecule has 11 nitrogen and oxygen atoms in total. The molecule has 13 heteroatoms. The zero-order valence-corrected chi connectivity index (χ0v) is 22.8. The van der Waals surface area contributed by atoms with Crippen LogP contribution in [0, 0.1) is 11.7 Å². The molecule has 0 radical (unpaired) electrons. The number of nitrogens with zero attached hydrogens (tertiary/aromatic N) is 5. The Morgan fingerprint density at radius 1 is 1.23 bits per heavy atom. The van der Waals surface area contributed by atoms with E-state index in [1.807, 2.05) is 0 Å². The molecule has 0 spiro atoms. The molecule has 0 bridgehead atoms. The van der Waals surface area contributed by atoms with Gasteiger partial charge < -0.3 is 14.4 Å². The van der Waals surface area contributed by atoms with Gasteiger partial charge in [-0.2, -0.15) is 0 Å². The van der Waals surface area contributed by atoms with E-state index < -0.39 is 31.9 Å². The van der Waals surface area contributed by atoms with Gasteiger partial charge >= 0.3 is 6.09 Å². The Kier molecular flexibility index (Phi) is 6.65. The maximum atomic E-state index is 15.3. The molecule has 1 fully saturated rings. The molecular weight excluding hydrogens is 527 g/mol. The molecule has 2 atom stereocenters. The molecule has 206 valence electrons. The molecular formula is C26H29FN6O5S. The van der Waals surface area contributed by atoms with E-state index >= 15 is 4.39 Å². The number of hydrogen-bond acceptors (Lipinski definition) is 9. The van der Waals surface area contributed by atoms with E-state index in [0.717, 1.165) is 0 Å². The zero-order chi connectivity index (χ0) is 28.0. The predicted molar refractivity (Wildman–Crippen MR) is 143 cm³/mol. The van der Waals surface area contributed by atoms with Gasteiger partial charge in [-0.15, -0.1) is 0 Å². The van der Waals surface area contributed by atoms with Crippen LogP contribution >= 0.6 is 0 Å². The highest BCUT2D eigenvalue weighted by molar-refractivity contribution is 7.95. The van der Waals surface area contributed by atoms with Gasteiger partial charge in [-0.25, -0.2) is 27.7 Å². The molecule has 1 unspecified atom stereocenters. The lowest BCUT2D eigenvalue weighted by atomic mass is 9.91. The topological polar surface area (TPSA) is 152 Å². The standard InChI is InChI=1S/C26H29FN6O5S/c1-25(2)23(31-24(34)35)32-26(3,14-39(25,36)28-4)17-9-16(7-8-18(17)27)21-10-19(33-38-21)20-11-30-22(12-29-20)37-13-15-5-6-15/h7-12,15H,5-6,13-14H2,1-4H3,(H,31,32)(H,34,35)/t26-,39?/m0/s1. The van der Waals surface area contributed by atoms with Crippen molar-refractivity contribution in [1.82, 2.24) is 20.4 Å². The zero-order valence-electron chi connectivity index (χ0n) is 22.0. The highest BCUT2D eigenvalue weighted by atomic mass is 32.2. The third-order valence-corrected chi connectivity index (χ3v) is 10.5. The number of carbonyl (C=O) groups is 1. The van der Waals surface area contributed by atoms with Crippen molar-refractivity contribution >= 4 is 21.7 Å². The quantitative estimate of drug-likeness (QED) is 0.450. The number of aliphatic imine (C=N–C) groups is 1. The van der Waals surface area contributed by atoms with E-state index in [9.17, 15) is 14.1 Å². The number of nitrogens with one attached hydrogen (secondary N) is 1. The lowest BCUT2D eigenvalue weighted by molar-refractivity contribution is 0.199. The smallest absolute Gasteiger partial charge is 0.410 e. The van der Waals surface area contributed by atoms with E-state index in [2.05, 4.69) is 29.8 Å². The van der Waals surface area contributed by atoms with Gasteiger partial charge in [0, 0.05) is 24.2 Å². The van der Waals surface area contributed by atoms with Crippen molar-refractivity contribution in [3.8, 4) is 28.6 Å². The highest BCUT2D eigenvalue weighted by Crippen LogP contribution is 2.40. The Morgan fingerprint density at radius 2 is 2.00 bits per heavy atom. The van der Waals surface area contributed by atoms with E-state index in [1.54, 1.807) is 33.0 Å². The average molecular weight is 557 g/mol. The van der Waals surface area contributed by atoms with Crippen molar-refractivity contribution in [3.63, 3.8) is 0 Å². The predicted octanol–water partition coefficient (Wildman–Crippen LogP) is 4.50. The molecule has 3 aromatic rings. The molecule has 0 saturated heterocycles. The molecule has 2 aromatic heterocycles. The number of hydrogen-bond donors (Lipinski definition) is 2. The normalized spacial score (nSPS) is 24.1. The average Bonchev–Trinajstić information content (AvgIpc) is 3.60. The van der Waals surface area contributed by atoms with Gasteiger partial charge in [0.15, 0.2) is 5.76 Å². The number of amidine groups is 1. The SMILES string of the molecule is CN=S1(=O)C[C@@](C)(c2cc(-c3cc(-c4cnc(OCC5CC5)cn4)no3)ccc2F)N=C(NC(=O)O)C1(C)C. The molecule has 2 N–H and O–H groups in total.